The van der Waals surface area contributed by atoms with E-state index in [-0.39, 0.29) is 5.56 Å². The molecule has 2 heterocycles. The van der Waals surface area contributed by atoms with E-state index < -0.39 is 0 Å². The van der Waals surface area contributed by atoms with Crippen molar-refractivity contribution in [1.29, 1.82) is 0 Å². The standard InChI is InChI=1S/C11H12N2OS/c1-6-4-10(14)12-7(2)11(6)9-5-15-8(3)13-9/h4-5H,1-3H3,(H,12,14). The molecule has 4 heteroatoms. The third-order valence-electron chi connectivity index (χ3n) is 2.30. The molecule has 0 aromatic carbocycles. The van der Waals surface area contributed by atoms with Gasteiger partial charge in [-0.1, -0.05) is 0 Å². The number of nitrogens with one attached hydrogen (secondary N) is 1. The molecule has 0 saturated heterocycles. The fraction of sp³-hybridized carbons (Fsp3) is 0.273. The second-order valence-corrected chi connectivity index (χ2v) is 4.63. The number of pyridine rings is 1. The Bertz CT molecular complexity index is 528. The molecule has 1 N–H and O–H groups in total. The number of aromatic nitrogens is 2. The van der Waals surface area contributed by atoms with Crippen molar-refractivity contribution in [3.8, 4) is 11.3 Å². The summed E-state index contributed by atoms with van der Waals surface area (Å²) in [6.07, 6.45) is 0. The molecule has 0 fully saturated rings. The highest BCUT2D eigenvalue weighted by molar-refractivity contribution is 7.09. The van der Waals surface area contributed by atoms with Crippen LogP contribution >= 0.6 is 11.3 Å². The highest BCUT2D eigenvalue weighted by atomic mass is 32.1. The van der Waals surface area contributed by atoms with Gasteiger partial charge in [-0.2, -0.15) is 0 Å². The first-order valence-electron chi connectivity index (χ1n) is 4.71. The summed E-state index contributed by atoms with van der Waals surface area (Å²) in [5.74, 6) is 0. The van der Waals surface area contributed by atoms with Gasteiger partial charge in [0.05, 0.1) is 10.7 Å². The molecule has 0 saturated carbocycles. The number of aryl methyl sites for hydroxylation is 3. The SMILES string of the molecule is Cc1nc(-c2c(C)cc(=O)[nH]c2C)cs1. The minimum atomic E-state index is -0.0549. The smallest absolute Gasteiger partial charge is 0.248 e. The predicted molar refractivity (Wildman–Crippen MR) is 62.4 cm³/mol. The summed E-state index contributed by atoms with van der Waals surface area (Å²) in [4.78, 5) is 18.5. The van der Waals surface area contributed by atoms with Gasteiger partial charge in [0.1, 0.15) is 0 Å². The van der Waals surface area contributed by atoms with Gasteiger partial charge in [-0.3, -0.25) is 4.79 Å². The van der Waals surface area contributed by atoms with Crippen molar-refractivity contribution in [2.75, 3.05) is 0 Å². The Morgan fingerprint density at radius 1 is 1.33 bits per heavy atom. The van der Waals surface area contributed by atoms with E-state index in [4.69, 9.17) is 0 Å². The number of rotatable bonds is 1. The summed E-state index contributed by atoms with van der Waals surface area (Å²) in [5, 5.41) is 3.05. The molecular formula is C11H12N2OS. The molecule has 3 nitrogen and oxygen atoms in total. The van der Waals surface area contributed by atoms with Crippen molar-refractivity contribution >= 4 is 11.3 Å². The fourth-order valence-corrected chi connectivity index (χ4v) is 2.32. The fourth-order valence-electron chi connectivity index (χ4n) is 1.72. The molecule has 2 rings (SSSR count). The van der Waals surface area contributed by atoms with Gasteiger partial charge in [-0.25, -0.2) is 4.98 Å². The molecule has 15 heavy (non-hydrogen) atoms. The zero-order chi connectivity index (χ0) is 11.0. The van der Waals surface area contributed by atoms with E-state index >= 15 is 0 Å². The van der Waals surface area contributed by atoms with Crippen molar-refractivity contribution < 1.29 is 0 Å². The third-order valence-corrected chi connectivity index (χ3v) is 3.08. The second-order valence-electron chi connectivity index (χ2n) is 3.57. The van der Waals surface area contributed by atoms with Crippen LogP contribution in [0.5, 0.6) is 0 Å². The average molecular weight is 220 g/mol. The van der Waals surface area contributed by atoms with Crippen molar-refractivity contribution in [1.82, 2.24) is 9.97 Å². The Morgan fingerprint density at radius 3 is 2.60 bits per heavy atom. The minimum Gasteiger partial charge on any atom is -0.326 e. The van der Waals surface area contributed by atoms with E-state index in [0.29, 0.717) is 0 Å². The monoisotopic (exact) mass is 220 g/mol. The number of nitrogens with zero attached hydrogens (tertiary/aromatic N) is 1. The molecule has 0 aliphatic carbocycles. The average Bonchev–Trinajstić information content (AvgIpc) is 2.49. The Morgan fingerprint density at radius 2 is 2.07 bits per heavy atom. The van der Waals surface area contributed by atoms with E-state index in [1.807, 2.05) is 26.2 Å². The number of thiazole rings is 1. The Kier molecular flexibility index (Phi) is 2.44. The Balaban J connectivity index is 2.67. The van der Waals surface area contributed by atoms with Gasteiger partial charge >= 0.3 is 0 Å². The lowest BCUT2D eigenvalue weighted by molar-refractivity contribution is 1.12. The molecule has 0 amide bonds. The summed E-state index contributed by atoms with van der Waals surface area (Å²) in [5.41, 5.74) is 3.79. The normalized spacial score (nSPS) is 10.6. The summed E-state index contributed by atoms with van der Waals surface area (Å²) in [7, 11) is 0. The van der Waals surface area contributed by atoms with Crippen LogP contribution in [-0.2, 0) is 0 Å². The highest BCUT2D eigenvalue weighted by Gasteiger charge is 2.09. The van der Waals surface area contributed by atoms with Crippen LogP contribution in [0.3, 0.4) is 0 Å². The van der Waals surface area contributed by atoms with Gasteiger partial charge in [-0.15, -0.1) is 11.3 Å². The van der Waals surface area contributed by atoms with Crippen LogP contribution in [0.2, 0.25) is 0 Å². The van der Waals surface area contributed by atoms with Crippen LogP contribution in [0.4, 0.5) is 0 Å². The van der Waals surface area contributed by atoms with Gasteiger partial charge in [-0.05, 0) is 26.3 Å². The molecule has 0 unspecified atom stereocenters. The van der Waals surface area contributed by atoms with Crippen LogP contribution in [0, 0.1) is 20.8 Å². The Labute approximate surface area is 91.8 Å². The van der Waals surface area contributed by atoms with Crippen LogP contribution in [0.1, 0.15) is 16.3 Å². The zero-order valence-corrected chi connectivity index (χ0v) is 9.73. The molecule has 0 spiro atoms. The lowest BCUT2D eigenvalue weighted by atomic mass is 10.1. The molecule has 2 aromatic rings. The molecule has 0 radical (unpaired) electrons. The van der Waals surface area contributed by atoms with Crippen molar-refractivity contribution in [3.05, 3.63) is 38.1 Å². The maximum Gasteiger partial charge on any atom is 0.248 e. The molecular weight excluding hydrogens is 208 g/mol. The lowest BCUT2D eigenvalue weighted by Crippen LogP contribution is -2.08. The Hall–Kier alpha value is -1.42. The first kappa shape index (κ1) is 10.1. The molecule has 78 valence electrons. The molecule has 0 aliphatic heterocycles. The predicted octanol–water partition coefficient (Wildman–Crippen LogP) is 2.42. The van der Waals surface area contributed by atoms with E-state index in [1.165, 1.54) is 0 Å². The first-order valence-corrected chi connectivity index (χ1v) is 5.59. The molecule has 0 atom stereocenters. The summed E-state index contributed by atoms with van der Waals surface area (Å²) >= 11 is 1.62. The van der Waals surface area contributed by atoms with Crippen LogP contribution in [0.25, 0.3) is 11.3 Å². The van der Waals surface area contributed by atoms with Crippen LogP contribution in [0.15, 0.2) is 16.2 Å². The summed E-state index contributed by atoms with van der Waals surface area (Å²) in [6.45, 7) is 5.81. The highest BCUT2D eigenvalue weighted by Crippen LogP contribution is 2.25. The molecule has 2 aromatic heterocycles. The molecule has 0 aliphatic rings. The number of H-pyrrole nitrogens is 1. The largest absolute Gasteiger partial charge is 0.326 e. The topological polar surface area (TPSA) is 45.8 Å². The maximum absolute atomic E-state index is 11.2. The van der Waals surface area contributed by atoms with Crippen LogP contribution < -0.4 is 5.56 Å². The third kappa shape index (κ3) is 1.85. The molecule has 0 bridgehead atoms. The van der Waals surface area contributed by atoms with Crippen molar-refractivity contribution in [2.24, 2.45) is 0 Å². The minimum absolute atomic E-state index is 0.0549. The van der Waals surface area contributed by atoms with Crippen molar-refractivity contribution in [2.45, 2.75) is 20.8 Å². The van der Waals surface area contributed by atoms with E-state index in [2.05, 4.69) is 9.97 Å². The lowest BCUT2D eigenvalue weighted by Gasteiger charge is -2.05. The van der Waals surface area contributed by atoms with Crippen molar-refractivity contribution in [3.63, 3.8) is 0 Å². The van der Waals surface area contributed by atoms with Gasteiger partial charge in [0.15, 0.2) is 0 Å². The number of hydrogen-bond donors (Lipinski definition) is 1. The van der Waals surface area contributed by atoms with E-state index in [1.54, 1.807) is 17.4 Å². The van der Waals surface area contributed by atoms with Crippen LogP contribution in [-0.4, -0.2) is 9.97 Å². The maximum atomic E-state index is 11.2. The van der Waals surface area contributed by atoms with Gasteiger partial charge < -0.3 is 4.98 Å². The van der Waals surface area contributed by atoms with Gasteiger partial charge in [0.25, 0.3) is 0 Å². The number of aromatic amines is 1. The first-order chi connectivity index (χ1) is 7.08. The summed E-state index contributed by atoms with van der Waals surface area (Å²) in [6, 6.07) is 1.61. The quantitative estimate of drug-likeness (QED) is 0.802. The van der Waals surface area contributed by atoms with E-state index in [0.717, 1.165) is 27.5 Å². The second kappa shape index (κ2) is 3.62. The van der Waals surface area contributed by atoms with E-state index in [9.17, 15) is 4.79 Å². The van der Waals surface area contributed by atoms with Gasteiger partial charge in [0.2, 0.25) is 5.56 Å². The zero-order valence-electron chi connectivity index (χ0n) is 8.92. The van der Waals surface area contributed by atoms with Gasteiger partial charge in [0, 0.05) is 22.7 Å². The number of hydrogen-bond acceptors (Lipinski definition) is 3. The summed E-state index contributed by atoms with van der Waals surface area (Å²) < 4.78 is 0.